The minimum atomic E-state index is -5.02. The molecule has 2 heterocycles. The number of nitrogen functional groups attached to an aromatic ring is 1. The second-order valence-corrected chi connectivity index (χ2v) is 8.47. The fourth-order valence-electron chi connectivity index (χ4n) is 3.10. The Kier molecular flexibility index (Phi) is 8.57. The van der Waals surface area contributed by atoms with Crippen LogP contribution in [0.5, 0.6) is 0 Å². The van der Waals surface area contributed by atoms with Gasteiger partial charge in [0.25, 0.3) is 11.8 Å². The van der Waals surface area contributed by atoms with Gasteiger partial charge >= 0.3 is 29.6 Å². The van der Waals surface area contributed by atoms with E-state index in [2.05, 4.69) is 20.3 Å². The number of benzene rings is 1. The van der Waals surface area contributed by atoms with E-state index in [1.54, 1.807) is 0 Å². The van der Waals surface area contributed by atoms with Crippen LogP contribution in [-0.2, 0) is 31.2 Å². The summed E-state index contributed by atoms with van der Waals surface area (Å²) >= 11 is 1.08. The van der Waals surface area contributed by atoms with Crippen LogP contribution < -0.4 is 40.6 Å². The topological polar surface area (TPSA) is 167 Å². The Morgan fingerprint density at radius 2 is 2.06 bits per heavy atom. The second-order valence-electron chi connectivity index (χ2n) is 6.33. The van der Waals surface area contributed by atoms with E-state index >= 15 is 0 Å². The van der Waals surface area contributed by atoms with Gasteiger partial charge in [0.05, 0.1) is 6.04 Å². The molecule has 31 heavy (non-hydrogen) atoms. The van der Waals surface area contributed by atoms with Gasteiger partial charge in [-0.15, -0.1) is 11.3 Å². The van der Waals surface area contributed by atoms with Crippen LogP contribution in [0.25, 0.3) is 0 Å². The van der Waals surface area contributed by atoms with Crippen molar-refractivity contribution in [2.24, 2.45) is 5.16 Å². The molecule has 1 fully saturated rings. The predicted octanol–water partition coefficient (Wildman–Crippen LogP) is -3.13. The van der Waals surface area contributed by atoms with E-state index in [-0.39, 0.29) is 56.8 Å². The van der Waals surface area contributed by atoms with Gasteiger partial charge in [0.1, 0.15) is 18.8 Å². The summed E-state index contributed by atoms with van der Waals surface area (Å²) in [7, 11) is -3.79. The normalized spacial score (nSPS) is 18.7. The zero-order valence-corrected chi connectivity index (χ0v) is 20.4. The number of oxime groups is 1. The molecule has 0 spiro atoms. The van der Waals surface area contributed by atoms with E-state index < -0.39 is 34.2 Å². The number of hydrogen-bond donors (Lipinski definition) is 2. The van der Waals surface area contributed by atoms with Crippen LogP contribution in [-0.4, -0.2) is 59.0 Å². The van der Waals surface area contributed by atoms with Gasteiger partial charge in [0, 0.05) is 5.38 Å². The van der Waals surface area contributed by atoms with Gasteiger partial charge in [-0.3, -0.25) is 9.59 Å². The van der Waals surface area contributed by atoms with Crippen LogP contribution in [0.4, 0.5) is 5.13 Å². The Labute approximate surface area is 204 Å². The average Bonchev–Trinajstić information content (AvgIpc) is 3.12. The first-order valence-corrected chi connectivity index (χ1v) is 10.9. The first kappa shape index (κ1) is 25.2. The third-order valence-corrected chi connectivity index (χ3v) is 6.04. The summed E-state index contributed by atoms with van der Waals surface area (Å²) in [4.78, 5) is 33.6. The van der Waals surface area contributed by atoms with E-state index in [9.17, 15) is 22.6 Å². The van der Waals surface area contributed by atoms with E-state index in [4.69, 9.17) is 5.73 Å². The number of nitrogens with two attached hydrogens (primary N) is 1. The Morgan fingerprint density at radius 1 is 1.39 bits per heavy atom. The number of anilines is 1. The maximum Gasteiger partial charge on any atom is 1.00 e. The second kappa shape index (κ2) is 10.5. The number of aromatic nitrogens is 1. The van der Waals surface area contributed by atoms with Crippen LogP contribution in [0.1, 0.15) is 17.7 Å². The maximum atomic E-state index is 12.7. The minimum Gasteiger partial charge on any atom is -0.731 e. The van der Waals surface area contributed by atoms with Crippen LogP contribution in [0.3, 0.4) is 0 Å². The number of carbonyl (C=O) groups excluding carboxylic acids is 2. The SMILES string of the molecule is CON=C(C(=O)N[C@@H]1C(=O)N(S(=O)(=O)[O-])[C@@H]1CCc1ccccc1)c1csc(N)n1.[Na+]. The van der Waals surface area contributed by atoms with Gasteiger partial charge < -0.3 is 20.4 Å². The molecule has 14 heteroatoms. The molecular weight excluding hydrogens is 457 g/mol. The van der Waals surface area contributed by atoms with E-state index in [1.807, 2.05) is 30.3 Å². The third-order valence-electron chi connectivity index (χ3n) is 4.43. The van der Waals surface area contributed by atoms with E-state index in [0.29, 0.717) is 6.42 Å². The van der Waals surface area contributed by atoms with Crippen molar-refractivity contribution in [3.63, 3.8) is 0 Å². The van der Waals surface area contributed by atoms with Crippen LogP contribution in [0.15, 0.2) is 40.9 Å². The van der Waals surface area contributed by atoms with Crippen LogP contribution >= 0.6 is 11.3 Å². The number of rotatable bonds is 8. The fraction of sp³-hybridized carbons (Fsp3) is 0.294. The summed E-state index contributed by atoms with van der Waals surface area (Å²) < 4.78 is 34.8. The molecular formula is C17H18N5NaO6S2. The first-order chi connectivity index (χ1) is 14.2. The molecule has 1 aromatic carbocycles. The molecule has 0 bridgehead atoms. The van der Waals surface area contributed by atoms with Crippen molar-refractivity contribution in [2.75, 3.05) is 12.8 Å². The Bertz CT molecular complexity index is 1080. The summed E-state index contributed by atoms with van der Waals surface area (Å²) in [6, 6.07) is 6.90. The van der Waals surface area contributed by atoms with Gasteiger partial charge in [-0.25, -0.2) is 17.7 Å². The molecule has 11 nitrogen and oxygen atoms in total. The van der Waals surface area contributed by atoms with Gasteiger partial charge in [-0.1, -0.05) is 35.5 Å². The van der Waals surface area contributed by atoms with Gasteiger partial charge in [-0.2, -0.15) is 0 Å². The number of nitrogens with one attached hydrogen (secondary N) is 1. The fourth-order valence-corrected chi connectivity index (χ4v) is 4.54. The van der Waals surface area contributed by atoms with Gasteiger partial charge in [0.15, 0.2) is 21.1 Å². The molecule has 3 N–H and O–H groups in total. The molecule has 0 radical (unpaired) electrons. The molecule has 1 aliphatic heterocycles. The summed E-state index contributed by atoms with van der Waals surface area (Å²) in [6.07, 6.45) is 0.557. The standard InChI is InChI=1S/C17H19N5O6S2.Na/c1-28-21-13(11-9-29-17(18)19-11)15(23)20-14-12(22(16(14)24)30(25,26)27)8-7-10-5-3-2-4-6-10;/h2-6,9,12,14H,7-8H2,1H3,(H2,18,19)(H,20,23)(H,25,26,27);/q;+1/p-1/t12-,14+;/m1./s1. The maximum absolute atomic E-state index is 12.7. The van der Waals surface area contributed by atoms with Crippen LogP contribution in [0.2, 0.25) is 0 Å². The Hall–Kier alpha value is -2.03. The van der Waals surface area contributed by atoms with E-state index in [0.717, 1.165) is 16.9 Å². The molecule has 0 aliphatic carbocycles. The number of amides is 2. The van der Waals surface area contributed by atoms with Crippen molar-refractivity contribution < 1.29 is 57.0 Å². The van der Waals surface area contributed by atoms with Crippen molar-refractivity contribution in [3.05, 3.63) is 47.0 Å². The summed E-state index contributed by atoms with van der Waals surface area (Å²) in [5.74, 6) is -1.82. The van der Waals surface area contributed by atoms with Gasteiger partial charge in [-0.05, 0) is 18.4 Å². The number of carbonyl (C=O) groups is 2. The number of aryl methyl sites for hydroxylation is 1. The first-order valence-electron chi connectivity index (χ1n) is 8.68. The molecule has 2 atom stereocenters. The van der Waals surface area contributed by atoms with Crippen molar-refractivity contribution in [1.29, 1.82) is 0 Å². The number of thiazole rings is 1. The molecule has 1 saturated heterocycles. The minimum absolute atomic E-state index is 0. The molecule has 0 saturated carbocycles. The van der Waals surface area contributed by atoms with Crippen molar-refractivity contribution >= 4 is 44.3 Å². The number of nitrogens with zero attached hydrogens (tertiary/aromatic N) is 3. The van der Waals surface area contributed by atoms with Crippen molar-refractivity contribution in [1.82, 2.24) is 14.6 Å². The summed E-state index contributed by atoms with van der Waals surface area (Å²) in [5.41, 5.74) is 6.37. The molecule has 0 unspecified atom stereocenters. The molecule has 1 aromatic heterocycles. The summed E-state index contributed by atoms with van der Waals surface area (Å²) in [5, 5.41) is 7.73. The molecule has 1 aliphatic rings. The monoisotopic (exact) mass is 475 g/mol. The Balaban J connectivity index is 0.00000341. The number of hydrogen-bond acceptors (Lipinski definition) is 10. The summed E-state index contributed by atoms with van der Waals surface area (Å²) in [6.45, 7) is 0. The molecule has 2 amide bonds. The Morgan fingerprint density at radius 3 is 2.61 bits per heavy atom. The molecule has 3 rings (SSSR count). The zero-order valence-electron chi connectivity index (χ0n) is 16.7. The number of β-lactam (4-membered cyclic amide) rings is 1. The third kappa shape index (κ3) is 5.81. The van der Waals surface area contributed by atoms with Crippen LogP contribution in [0, 0.1) is 0 Å². The van der Waals surface area contributed by atoms with Crippen molar-refractivity contribution in [2.45, 2.75) is 24.9 Å². The smallest absolute Gasteiger partial charge is 0.731 e. The largest absolute Gasteiger partial charge is 1.00 e. The molecule has 2 aromatic rings. The molecule has 160 valence electrons. The van der Waals surface area contributed by atoms with Gasteiger partial charge in [0.2, 0.25) is 0 Å². The van der Waals surface area contributed by atoms with Crippen molar-refractivity contribution in [3.8, 4) is 0 Å². The average molecular weight is 475 g/mol. The predicted molar refractivity (Wildman–Crippen MR) is 107 cm³/mol. The quantitative estimate of drug-likeness (QED) is 0.133. The zero-order chi connectivity index (χ0) is 21.9. The van der Waals surface area contributed by atoms with E-state index in [1.165, 1.54) is 12.5 Å².